The fourth-order valence-corrected chi connectivity index (χ4v) is 2.54. The second kappa shape index (κ2) is 6.58. The van der Waals surface area contributed by atoms with Crippen molar-refractivity contribution in [1.29, 1.82) is 0 Å². The lowest BCUT2D eigenvalue weighted by Gasteiger charge is -2.24. The summed E-state index contributed by atoms with van der Waals surface area (Å²) in [5.74, 6) is 0.907. The van der Waals surface area contributed by atoms with Crippen LogP contribution in [0.25, 0.3) is 0 Å². The normalized spacial score (nSPS) is 15.8. The standard InChI is InChI=1S/C15H21N5O/c1-19-11-13(17-18-19)12-21-15-6-3-2-5-14(15)20-9-4-7-16-8-10-20/h2-3,5-6,11,16H,4,7-10,12H2,1H3. The molecular weight excluding hydrogens is 266 g/mol. The van der Waals surface area contributed by atoms with Crippen LogP contribution in [0.4, 0.5) is 5.69 Å². The first kappa shape index (κ1) is 13.9. The summed E-state index contributed by atoms with van der Waals surface area (Å²) in [7, 11) is 1.86. The summed E-state index contributed by atoms with van der Waals surface area (Å²) in [6.45, 7) is 4.60. The molecule has 1 aromatic carbocycles. The molecule has 3 rings (SSSR count). The predicted octanol–water partition coefficient (Wildman–Crippen LogP) is 1.19. The number of para-hydroxylation sites is 2. The summed E-state index contributed by atoms with van der Waals surface area (Å²) in [5, 5.41) is 11.4. The molecule has 1 aliphatic rings. The van der Waals surface area contributed by atoms with Crippen molar-refractivity contribution in [2.45, 2.75) is 13.0 Å². The summed E-state index contributed by atoms with van der Waals surface area (Å²) in [6, 6.07) is 8.20. The molecule has 6 nitrogen and oxygen atoms in total. The zero-order chi connectivity index (χ0) is 14.5. The molecule has 0 atom stereocenters. The Morgan fingerprint density at radius 2 is 2.14 bits per heavy atom. The van der Waals surface area contributed by atoms with Crippen molar-refractivity contribution in [2.75, 3.05) is 31.1 Å². The van der Waals surface area contributed by atoms with Crippen LogP contribution in [-0.2, 0) is 13.7 Å². The van der Waals surface area contributed by atoms with Gasteiger partial charge in [0.05, 0.1) is 11.9 Å². The van der Waals surface area contributed by atoms with Gasteiger partial charge in [0.2, 0.25) is 0 Å². The minimum atomic E-state index is 0.441. The summed E-state index contributed by atoms with van der Waals surface area (Å²) in [4.78, 5) is 2.38. The van der Waals surface area contributed by atoms with E-state index >= 15 is 0 Å². The Morgan fingerprint density at radius 3 is 3.00 bits per heavy atom. The van der Waals surface area contributed by atoms with E-state index in [1.54, 1.807) is 4.68 Å². The molecule has 0 amide bonds. The van der Waals surface area contributed by atoms with Crippen LogP contribution in [-0.4, -0.2) is 41.2 Å². The highest BCUT2D eigenvalue weighted by Gasteiger charge is 2.14. The number of benzene rings is 1. The van der Waals surface area contributed by atoms with E-state index < -0.39 is 0 Å². The number of aryl methyl sites for hydroxylation is 1. The van der Waals surface area contributed by atoms with E-state index in [1.807, 2.05) is 25.4 Å². The molecule has 0 bridgehead atoms. The Labute approximate surface area is 124 Å². The Kier molecular flexibility index (Phi) is 4.35. The number of hydrogen-bond acceptors (Lipinski definition) is 5. The van der Waals surface area contributed by atoms with E-state index in [0.717, 1.165) is 49.7 Å². The number of hydrogen-bond donors (Lipinski definition) is 1. The van der Waals surface area contributed by atoms with Crippen LogP contribution >= 0.6 is 0 Å². The lowest BCUT2D eigenvalue weighted by Crippen LogP contribution is -2.28. The topological polar surface area (TPSA) is 55.2 Å². The molecule has 1 fully saturated rings. The van der Waals surface area contributed by atoms with Crippen LogP contribution in [0.2, 0.25) is 0 Å². The zero-order valence-electron chi connectivity index (χ0n) is 12.3. The van der Waals surface area contributed by atoms with Gasteiger partial charge in [-0.3, -0.25) is 4.68 Å². The summed E-state index contributed by atoms with van der Waals surface area (Å²) < 4.78 is 7.64. The van der Waals surface area contributed by atoms with Crippen LogP contribution in [0.15, 0.2) is 30.5 Å². The molecule has 1 N–H and O–H groups in total. The second-order valence-electron chi connectivity index (χ2n) is 5.23. The van der Waals surface area contributed by atoms with Crippen molar-refractivity contribution in [3.63, 3.8) is 0 Å². The third-order valence-corrected chi connectivity index (χ3v) is 3.57. The van der Waals surface area contributed by atoms with Crippen LogP contribution in [0.3, 0.4) is 0 Å². The third-order valence-electron chi connectivity index (χ3n) is 3.57. The van der Waals surface area contributed by atoms with Gasteiger partial charge in [-0.1, -0.05) is 17.3 Å². The Balaban J connectivity index is 1.72. The molecule has 0 aliphatic carbocycles. The average Bonchev–Trinajstić information content (AvgIpc) is 2.76. The first-order valence-electron chi connectivity index (χ1n) is 7.35. The van der Waals surface area contributed by atoms with E-state index in [2.05, 4.69) is 32.7 Å². The molecule has 0 radical (unpaired) electrons. The van der Waals surface area contributed by atoms with Gasteiger partial charge >= 0.3 is 0 Å². The molecule has 2 aromatic rings. The summed E-state index contributed by atoms with van der Waals surface area (Å²) >= 11 is 0. The molecule has 21 heavy (non-hydrogen) atoms. The van der Waals surface area contributed by atoms with Gasteiger partial charge in [-0.25, -0.2) is 0 Å². The summed E-state index contributed by atoms with van der Waals surface area (Å²) in [6.07, 6.45) is 3.02. The highest BCUT2D eigenvalue weighted by molar-refractivity contribution is 5.58. The van der Waals surface area contributed by atoms with Gasteiger partial charge in [-0.15, -0.1) is 5.10 Å². The smallest absolute Gasteiger partial charge is 0.143 e. The first-order chi connectivity index (χ1) is 10.3. The van der Waals surface area contributed by atoms with Gasteiger partial charge in [0, 0.05) is 26.7 Å². The maximum Gasteiger partial charge on any atom is 0.143 e. The number of rotatable bonds is 4. The van der Waals surface area contributed by atoms with Crippen molar-refractivity contribution in [3.8, 4) is 5.75 Å². The molecular formula is C15H21N5O. The van der Waals surface area contributed by atoms with Gasteiger partial charge in [0.15, 0.2) is 0 Å². The largest absolute Gasteiger partial charge is 0.485 e. The van der Waals surface area contributed by atoms with Gasteiger partial charge < -0.3 is 15.0 Å². The maximum absolute atomic E-state index is 5.95. The molecule has 1 aliphatic heterocycles. The van der Waals surface area contributed by atoms with Crippen LogP contribution in [0.1, 0.15) is 12.1 Å². The zero-order valence-corrected chi connectivity index (χ0v) is 12.3. The van der Waals surface area contributed by atoms with Gasteiger partial charge in [0.25, 0.3) is 0 Å². The fraction of sp³-hybridized carbons (Fsp3) is 0.467. The van der Waals surface area contributed by atoms with Crippen LogP contribution < -0.4 is 15.0 Å². The monoisotopic (exact) mass is 287 g/mol. The van der Waals surface area contributed by atoms with Crippen molar-refractivity contribution in [1.82, 2.24) is 20.3 Å². The second-order valence-corrected chi connectivity index (χ2v) is 5.23. The number of aromatic nitrogens is 3. The Hall–Kier alpha value is -2.08. The highest BCUT2D eigenvalue weighted by atomic mass is 16.5. The molecule has 0 saturated carbocycles. The predicted molar refractivity (Wildman–Crippen MR) is 81.5 cm³/mol. The van der Waals surface area contributed by atoms with Crippen molar-refractivity contribution >= 4 is 5.69 Å². The highest BCUT2D eigenvalue weighted by Crippen LogP contribution is 2.28. The van der Waals surface area contributed by atoms with Crippen LogP contribution in [0.5, 0.6) is 5.75 Å². The van der Waals surface area contributed by atoms with E-state index in [-0.39, 0.29) is 0 Å². The van der Waals surface area contributed by atoms with E-state index in [9.17, 15) is 0 Å². The lowest BCUT2D eigenvalue weighted by molar-refractivity contribution is 0.301. The van der Waals surface area contributed by atoms with Gasteiger partial charge in [-0.05, 0) is 25.1 Å². The number of anilines is 1. The molecule has 0 spiro atoms. The van der Waals surface area contributed by atoms with Crippen molar-refractivity contribution < 1.29 is 4.74 Å². The van der Waals surface area contributed by atoms with Gasteiger partial charge in [0.1, 0.15) is 18.1 Å². The van der Waals surface area contributed by atoms with E-state index in [4.69, 9.17) is 4.74 Å². The summed E-state index contributed by atoms with van der Waals surface area (Å²) in [5.41, 5.74) is 2.00. The Morgan fingerprint density at radius 1 is 1.24 bits per heavy atom. The quantitative estimate of drug-likeness (QED) is 0.915. The maximum atomic E-state index is 5.95. The number of nitrogens with zero attached hydrogens (tertiary/aromatic N) is 4. The molecule has 1 saturated heterocycles. The molecule has 2 heterocycles. The molecule has 0 unspecified atom stereocenters. The van der Waals surface area contributed by atoms with Crippen molar-refractivity contribution in [2.24, 2.45) is 7.05 Å². The molecule has 6 heteroatoms. The van der Waals surface area contributed by atoms with Crippen molar-refractivity contribution in [3.05, 3.63) is 36.2 Å². The first-order valence-corrected chi connectivity index (χ1v) is 7.35. The number of nitrogens with one attached hydrogen (secondary N) is 1. The van der Waals surface area contributed by atoms with E-state index in [0.29, 0.717) is 6.61 Å². The minimum Gasteiger partial charge on any atom is -0.485 e. The average molecular weight is 287 g/mol. The van der Waals surface area contributed by atoms with E-state index in [1.165, 1.54) is 0 Å². The number of ether oxygens (including phenoxy) is 1. The third kappa shape index (κ3) is 3.52. The molecule has 112 valence electrons. The minimum absolute atomic E-state index is 0.441. The SMILES string of the molecule is Cn1cc(COc2ccccc2N2CCCNCC2)nn1. The van der Waals surface area contributed by atoms with Gasteiger partial charge in [-0.2, -0.15) is 0 Å². The molecule has 1 aromatic heterocycles. The van der Waals surface area contributed by atoms with Crippen LogP contribution in [0, 0.1) is 0 Å². The Bertz CT molecular complexity index is 575. The lowest BCUT2D eigenvalue weighted by atomic mass is 10.2. The fourth-order valence-electron chi connectivity index (χ4n) is 2.54.